The van der Waals surface area contributed by atoms with Gasteiger partial charge in [-0.3, -0.25) is 4.90 Å². The average Bonchev–Trinajstić information content (AvgIpc) is 2.58. The van der Waals surface area contributed by atoms with Crippen molar-refractivity contribution >= 4 is 0 Å². The highest BCUT2D eigenvalue weighted by atomic mass is 16.5. The van der Waals surface area contributed by atoms with Gasteiger partial charge in [-0.2, -0.15) is 0 Å². The number of aryl methyl sites for hydroxylation is 2. The molecular formula is C21H29NO2. The van der Waals surface area contributed by atoms with Crippen molar-refractivity contribution < 1.29 is 9.47 Å². The number of para-hydroxylation sites is 2. The molecule has 3 heteroatoms. The first-order chi connectivity index (χ1) is 11.7. The van der Waals surface area contributed by atoms with Gasteiger partial charge in [0.1, 0.15) is 24.7 Å². The molecule has 0 N–H and O–H groups in total. The third-order valence-corrected chi connectivity index (χ3v) is 4.06. The second-order valence-corrected chi connectivity index (χ2v) is 6.07. The summed E-state index contributed by atoms with van der Waals surface area (Å²) in [5.74, 6) is 1.95. The van der Waals surface area contributed by atoms with Crippen molar-refractivity contribution in [3.63, 3.8) is 0 Å². The summed E-state index contributed by atoms with van der Waals surface area (Å²) in [6, 6.07) is 16.3. The number of hydrogen-bond acceptors (Lipinski definition) is 3. The first-order valence-corrected chi connectivity index (χ1v) is 8.80. The largest absolute Gasteiger partial charge is 0.492 e. The fourth-order valence-corrected chi connectivity index (χ4v) is 2.66. The molecule has 2 aromatic rings. The second-order valence-electron chi connectivity index (χ2n) is 6.07. The summed E-state index contributed by atoms with van der Waals surface area (Å²) in [4.78, 5) is 2.40. The van der Waals surface area contributed by atoms with Crippen molar-refractivity contribution in [3.05, 3.63) is 59.7 Å². The summed E-state index contributed by atoms with van der Waals surface area (Å²) in [6.45, 7) is 10.7. The van der Waals surface area contributed by atoms with E-state index in [4.69, 9.17) is 9.47 Å². The monoisotopic (exact) mass is 327 g/mol. The van der Waals surface area contributed by atoms with Gasteiger partial charge < -0.3 is 9.47 Å². The Balaban J connectivity index is 1.75. The topological polar surface area (TPSA) is 21.7 Å². The number of benzene rings is 2. The van der Waals surface area contributed by atoms with Gasteiger partial charge in [0.15, 0.2) is 0 Å². The molecule has 0 aliphatic heterocycles. The zero-order valence-electron chi connectivity index (χ0n) is 15.1. The molecule has 0 atom stereocenters. The molecule has 2 rings (SSSR count). The van der Waals surface area contributed by atoms with Crippen LogP contribution in [0.1, 0.15) is 24.5 Å². The Bertz CT molecular complexity index is 561. The Hall–Kier alpha value is -2.00. The third-order valence-electron chi connectivity index (χ3n) is 4.06. The van der Waals surface area contributed by atoms with Crippen LogP contribution in [0.3, 0.4) is 0 Å². The van der Waals surface area contributed by atoms with Crippen molar-refractivity contribution in [2.75, 3.05) is 32.8 Å². The molecule has 2 aromatic carbocycles. The van der Waals surface area contributed by atoms with Gasteiger partial charge in [0.25, 0.3) is 0 Å². The van der Waals surface area contributed by atoms with Crippen LogP contribution in [0.2, 0.25) is 0 Å². The van der Waals surface area contributed by atoms with E-state index in [1.807, 2.05) is 36.4 Å². The molecule has 0 bridgehead atoms. The van der Waals surface area contributed by atoms with Crippen LogP contribution in [0, 0.1) is 13.8 Å². The molecule has 24 heavy (non-hydrogen) atoms. The summed E-state index contributed by atoms with van der Waals surface area (Å²) >= 11 is 0. The lowest BCUT2D eigenvalue weighted by Gasteiger charge is -2.22. The zero-order chi connectivity index (χ0) is 17.2. The van der Waals surface area contributed by atoms with Crippen molar-refractivity contribution in [2.24, 2.45) is 0 Å². The van der Waals surface area contributed by atoms with Gasteiger partial charge in [-0.1, -0.05) is 43.3 Å². The van der Waals surface area contributed by atoms with E-state index in [-0.39, 0.29) is 0 Å². The van der Waals surface area contributed by atoms with Crippen LogP contribution in [0.5, 0.6) is 11.5 Å². The van der Waals surface area contributed by atoms with Crippen LogP contribution in [0.15, 0.2) is 48.5 Å². The Morgan fingerprint density at radius 2 is 1.17 bits per heavy atom. The second kappa shape index (κ2) is 9.99. The minimum Gasteiger partial charge on any atom is -0.492 e. The summed E-state index contributed by atoms with van der Waals surface area (Å²) in [6.07, 6.45) is 1.13. The van der Waals surface area contributed by atoms with Gasteiger partial charge >= 0.3 is 0 Å². The molecule has 0 aliphatic rings. The maximum atomic E-state index is 5.91. The lowest BCUT2D eigenvalue weighted by atomic mass is 10.2. The molecular weight excluding hydrogens is 298 g/mol. The average molecular weight is 327 g/mol. The van der Waals surface area contributed by atoms with E-state index >= 15 is 0 Å². The molecule has 130 valence electrons. The van der Waals surface area contributed by atoms with Gasteiger partial charge in [-0.25, -0.2) is 0 Å². The van der Waals surface area contributed by atoms with E-state index in [0.717, 1.165) is 37.6 Å². The van der Waals surface area contributed by atoms with E-state index in [1.165, 1.54) is 11.1 Å². The van der Waals surface area contributed by atoms with E-state index < -0.39 is 0 Å². The Kier molecular flexibility index (Phi) is 7.63. The lowest BCUT2D eigenvalue weighted by molar-refractivity contribution is 0.176. The number of nitrogens with zero attached hydrogens (tertiary/aromatic N) is 1. The van der Waals surface area contributed by atoms with Crippen LogP contribution >= 0.6 is 0 Å². The maximum absolute atomic E-state index is 5.91. The van der Waals surface area contributed by atoms with Gasteiger partial charge in [0.05, 0.1) is 0 Å². The molecule has 0 aromatic heterocycles. The van der Waals surface area contributed by atoms with E-state index in [1.54, 1.807) is 0 Å². The lowest BCUT2D eigenvalue weighted by Crippen LogP contribution is -2.33. The number of hydrogen-bond donors (Lipinski definition) is 0. The van der Waals surface area contributed by atoms with E-state index in [9.17, 15) is 0 Å². The van der Waals surface area contributed by atoms with Gasteiger partial charge in [0, 0.05) is 13.1 Å². The minimum atomic E-state index is 0.704. The third kappa shape index (κ3) is 5.89. The van der Waals surface area contributed by atoms with Crippen LogP contribution in [-0.4, -0.2) is 37.7 Å². The molecule has 0 saturated carbocycles. The highest BCUT2D eigenvalue weighted by Crippen LogP contribution is 2.17. The van der Waals surface area contributed by atoms with Crippen molar-refractivity contribution in [3.8, 4) is 11.5 Å². The predicted molar refractivity (Wildman–Crippen MR) is 100 cm³/mol. The quantitative estimate of drug-likeness (QED) is 0.642. The molecule has 0 radical (unpaired) electrons. The molecule has 0 unspecified atom stereocenters. The molecule has 0 spiro atoms. The highest BCUT2D eigenvalue weighted by molar-refractivity contribution is 5.32. The zero-order valence-corrected chi connectivity index (χ0v) is 15.1. The molecule has 0 saturated heterocycles. The van der Waals surface area contributed by atoms with Crippen LogP contribution in [-0.2, 0) is 0 Å². The standard InChI is InChI=1S/C21H29NO2/c1-4-13-22(14-16-23-20-11-7-5-9-18(20)2)15-17-24-21-12-8-6-10-19(21)3/h5-12H,4,13-17H2,1-3H3. The normalized spacial score (nSPS) is 10.8. The first-order valence-electron chi connectivity index (χ1n) is 8.80. The molecule has 3 nitrogen and oxygen atoms in total. The van der Waals surface area contributed by atoms with E-state index in [2.05, 4.69) is 37.8 Å². The van der Waals surface area contributed by atoms with Crippen molar-refractivity contribution in [1.29, 1.82) is 0 Å². The Morgan fingerprint density at radius 3 is 1.58 bits per heavy atom. The van der Waals surface area contributed by atoms with Crippen LogP contribution in [0.25, 0.3) is 0 Å². The molecule has 0 heterocycles. The van der Waals surface area contributed by atoms with Crippen molar-refractivity contribution in [1.82, 2.24) is 4.90 Å². The summed E-state index contributed by atoms with van der Waals surface area (Å²) in [5, 5.41) is 0. The van der Waals surface area contributed by atoms with Crippen molar-refractivity contribution in [2.45, 2.75) is 27.2 Å². The fraction of sp³-hybridized carbons (Fsp3) is 0.429. The molecule has 0 aliphatic carbocycles. The van der Waals surface area contributed by atoms with Crippen LogP contribution in [0.4, 0.5) is 0 Å². The number of rotatable bonds is 10. The Labute approximate surface area is 146 Å². The van der Waals surface area contributed by atoms with Gasteiger partial charge in [0.2, 0.25) is 0 Å². The van der Waals surface area contributed by atoms with E-state index in [0.29, 0.717) is 13.2 Å². The predicted octanol–water partition coefficient (Wildman–Crippen LogP) is 4.47. The first kappa shape index (κ1) is 18.3. The SMILES string of the molecule is CCCN(CCOc1ccccc1C)CCOc1ccccc1C. The number of ether oxygens (including phenoxy) is 2. The van der Waals surface area contributed by atoms with Gasteiger partial charge in [-0.05, 0) is 50.1 Å². The maximum Gasteiger partial charge on any atom is 0.122 e. The molecule has 0 fully saturated rings. The fourth-order valence-electron chi connectivity index (χ4n) is 2.66. The highest BCUT2D eigenvalue weighted by Gasteiger charge is 2.06. The summed E-state index contributed by atoms with van der Waals surface area (Å²) in [5.41, 5.74) is 2.37. The summed E-state index contributed by atoms with van der Waals surface area (Å²) < 4.78 is 11.8. The summed E-state index contributed by atoms with van der Waals surface area (Å²) in [7, 11) is 0. The smallest absolute Gasteiger partial charge is 0.122 e. The Morgan fingerprint density at radius 1 is 0.708 bits per heavy atom. The molecule has 0 amide bonds. The van der Waals surface area contributed by atoms with Gasteiger partial charge in [-0.15, -0.1) is 0 Å². The minimum absolute atomic E-state index is 0.704. The van der Waals surface area contributed by atoms with Crippen LogP contribution < -0.4 is 9.47 Å².